The quantitative estimate of drug-likeness (QED) is 0.335. The van der Waals surface area contributed by atoms with Gasteiger partial charge < -0.3 is 19.6 Å². The summed E-state index contributed by atoms with van der Waals surface area (Å²) in [6.45, 7) is 0.396. The van der Waals surface area contributed by atoms with Crippen LogP contribution in [0.25, 0.3) is 0 Å². The molecule has 0 spiro atoms. The molecule has 0 atom stereocenters. The van der Waals surface area contributed by atoms with E-state index in [0.717, 1.165) is 6.92 Å². The molecule has 0 heterocycles. The Kier molecular flexibility index (Phi) is 13.6. The molecule has 0 aliphatic carbocycles. The Balaban J connectivity index is 0. The predicted octanol–water partition coefficient (Wildman–Crippen LogP) is -0.996. The molecule has 0 radical (unpaired) electrons. The van der Waals surface area contributed by atoms with Gasteiger partial charge in [-0.25, -0.2) is 0 Å². The number of aliphatic carboxylic acids is 1. The molecule has 0 saturated heterocycles. The molecule has 0 bridgehead atoms. The molecule has 0 saturated carbocycles. The van der Waals surface area contributed by atoms with Crippen LogP contribution < -0.4 is 0 Å². The summed E-state index contributed by atoms with van der Waals surface area (Å²) in [4.78, 5) is 52.4. The number of carbonyl (C=O) groups is 1. The summed E-state index contributed by atoms with van der Waals surface area (Å²) in [5.41, 5.74) is 0. The van der Waals surface area contributed by atoms with E-state index in [9.17, 15) is 30.3 Å². The van der Waals surface area contributed by atoms with Crippen molar-refractivity contribution >= 4 is 5.97 Å². The van der Waals surface area contributed by atoms with Crippen molar-refractivity contribution in [1.29, 1.82) is 0 Å². The normalized spacial score (nSPS) is 9.30. The highest BCUT2D eigenvalue weighted by Gasteiger charge is 2.08. The number of carboxylic acid groups (broad SMARTS) is 1. The van der Waals surface area contributed by atoms with Gasteiger partial charge in [-0.15, -0.1) is 30.3 Å². The number of rotatable bonds is 12. The van der Waals surface area contributed by atoms with E-state index in [4.69, 9.17) is 9.90 Å². The van der Waals surface area contributed by atoms with Crippen LogP contribution in [0.5, 0.6) is 0 Å². The van der Waals surface area contributed by atoms with E-state index in [1.807, 2.05) is 0 Å². The summed E-state index contributed by atoms with van der Waals surface area (Å²) in [5.74, 6) is -0.833. The third-order valence-corrected chi connectivity index (χ3v) is 1.81. The number of nitrogens with zero attached hydrogens (tertiary/aromatic N) is 4. The third-order valence-electron chi connectivity index (χ3n) is 1.81. The van der Waals surface area contributed by atoms with Crippen LogP contribution >= 0.6 is 0 Å². The van der Waals surface area contributed by atoms with Crippen molar-refractivity contribution in [3.8, 4) is 0 Å². The van der Waals surface area contributed by atoms with E-state index < -0.39 is 21.2 Å². The van der Waals surface area contributed by atoms with E-state index in [-0.39, 0.29) is 39.5 Å². The molecule has 0 aliphatic heterocycles. The van der Waals surface area contributed by atoms with Crippen LogP contribution in [-0.2, 0) is 19.3 Å². The van der Waals surface area contributed by atoms with Gasteiger partial charge in [0.05, 0.1) is 0 Å². The maximum absolute atomic E-state index is 9.92. The Morgan fingerprint density at radius 2 is 1.09 bits per heavy atom. The molecule has 0 fully saturated rings. The lowest BCUT2D eigenvalue weighted by Crippen LogP contribution is -2.35. The zero-order valence-corrected chi connectivity index (χ0v) is 12.1. The summed E-state index contributed by atoms with van der Waals surface area (Å²) in [6, 6.07) is 0. The first-order chi connectivity index (χ1) is 10.6. The second kappa shape index (κ2) is 14.0. The van der Waals surface area contributed by atoms with Gasteiger partial charge in [0.2, 0.25) is 0 Å². The molecule has 15 heteroatoms. The van der Waals surface area contributed by atoms with Gasteiger partial charge in [0.1, 0.15) is 19.8 Å². The van der Waals surface area contributed by atoms with Gasteiger partial charge in [-0.2, -0.15) is 0 Å². The van der Waals surface area contributed by atoms with Crippen LogP contribution in [0.2, 0.25) is 0 Å². The van der Waals surface area contributed by atoms with E-state index in [1.165, 1.54) is 4.90 Å². The van der Waals surface area contributed by atoms with Gasteiger partial charge in [-0.05, 0) is 0 Å². The first-order valence-electron chi connectivity index (χ1n) is 5.89. The molecule has 0 unspecified atom stereocenters. The Hall–Kier alpha value is -2.97. The molecule has 15 nitrogen and oxygen atoms in total. The van der Waals surface area contributed by atoms with Gasteiger partial charge in [0.15, 0.2) is 0 Å². The molecule has 1 N–H and O–H groups in total. The highest BCUT2D eigenvalue weighted by atomic mass is 17.0. The van der Waals surface area contributed by atoms with Crippen molar-refractivity contribution in [2.75, 3.05) is 39.5 Å². The van der Waals surface area contributed by atoms with Gasteiger partial charge in [0, 0.05) is 26.6 Å². The van der Waals surface area contributed by atoms with Crippen LogP contribution in [0.4, 0.5) is 0 Å². The second-order valence-corrected chi connectivity index (χ2v) is 3.53. The number of carboxylic acids is 1. The topological polar surface area (TPSA) is 198 Å². The lowest BCUT2D eigenvalue weighted by atomic mass is 10.4. The van der Waals surface area contributed by atoms with Crippen molar-refractivity contribution in [2.45, 2.75) is 6.92 Å². The number of hydrogen-bond donors (Lipinski definition) is 1. The average molecular weight is 344 g/mol. The average Bonchev–Trinajstić information content (AvgIpc) is 2.36. The lowest BCUT2D eigenvalue weighted by molar-refractivity contribution is -0.760. The Bertz CT molecular complexity index is 339. The Morgan fingerprint density at radius 3 is 1.26 bits per heavy atom. The molecular weight excluding hydrogens is 328 g/mol. The van der Waals surface area contributed by atoms with Crippen molar-refractivity contribution in [2.24, 2.45) is 0 Å². The molecule has 0 rings (SSSR count). The molecule has 0 amide bonds. The van der Waals surface area contributed by atoms with E-state index >= 15 is 0 Å². The van der Waals surface area contributed by atoms with E-state index in [1.54, 1.807) is 0 Å². The zero-order valence-electron chi connectivity index (χ0n) is 12.1. The Morgan fingerprint density at radius 1 is 0.870 bits per heavy atom. The lowest BCUT2D eigenvalue weighted by Gasteiger charge is -2.20. The summed E-state index contributed by atoms with van der Waals surface area (Å²) in [7, 11) is 0. The van der Waals surface area contributed by atoms with Crippen LogP contribution in [0.1, 0.15) is 6.92 Å². The molecule has 0 aromatic rings. The van der Waals surface area contributed by atoms with Gasteiger partial charge in [-0.3, -0.25) is 9.69 Å². The van der Waals surface area contributed by atoms with E-state index in [0.29, 0.717) is 0 Å². The predicted molar refractivity (Wildman–Crippen MR) is 68.6 cm³/mol. The maximum Gasteiger partial charge on any atom is 0.300 e. The third kappa shape index (κ3) is 24.4. The SMILES string of the molecule is CC(=O)O.O=[N+]([O-])OCCN(CCO[N+](=O)[O-])CCO[N+](=O)[O-]. The minimum atomic E-state index is -0.987. The van der Waals surface area contributed by atoms with Crippen molar-refractivity contribution in [3.63, 3.8) is 0 Å². The van der Waals surface area contributed by atoms with Crippen molar-refractivity contribution in [1.82, 2.24) is 4.90 Å². The highest BCUT2D eigenvalue weighted by molar-refractivity contribution is 5.62. The smallest absolute Gasteiger partial charge is 0.300 e. The molecule has 0 aromatic heterocycles. The van der Waals surface area contributed by atoms with Crippen LogP contribution in [0.3, 0.4) is 0 Å². The monoisotopic (exact) mass is 344 g/mol. The second-order valence-electron chi connectivity index (χ2n) is 3.53. The molecule has 0 aromatic carbocycles. The standard InChI is InChI=1S/C6H12N4O9.C2H4O2/c11-8(12)17-4-1-7(2-5-18-9(13)14)3-6-19-10(15)16;1-2(3)4/h1-6H2;1H3,(H,3,4). The van der Waals surface area contributed by atoms with Gasteiger partial charge in [0.25, 0.3) is 21.2 Å². The van der Waals surface area contributed by atoms with Crippen molar-refractivity contribution in [3.05, 3.63) is 30.3 Å². The zero-order chi connectivity index (χ0) is 18.3. The largest absolute Gasteiger partial charge is 0.481 e. The van der Waals surface area contributed by atoms with Crippen LogP contribution in [0.15, 0.2) is 0 Å². The Labute approximate surface area is 128 Å². The molecule has 0 aliphatic rings. The first-order valence-corrected chi connectivity index (χ1v) is 5.89. The maximum atomic E-state index is 9.92. The minimum absolute atomic E-state index is 0.0448. The van der Waals surface area contributed by atoms with Gasteiger partial charge in [-0.1, -0.05) is 0 Å². The van der Waals surface area contributed by atoms with Crippen LogP contribution in [0, 0.1) is 30.3 Å². The first kappa shape index (κ1) is 22.3. The summed E-state index contributed by atoms with van der Waals surface area (Å²) < 4.78 is 0. The minimum Gasteiger partial charge on any atom is -0.481 e. The molecule has 23 heavy (non-hydrogen) atoms. The van der Waals surface area contributed by atoms with Gasteiger partial charge >= 0.3 is 0 Å². The fraction of sp³-hybridized carbons (Fsp3) is 0.875. The number of hydrogen-bond acceptors (Lipinski definition) is 11. The molecular formula is C8H16N4O11. The highest BCUT2D eigenvalue weighted by Crippen LogP contribution is 1.91. The summed E-state index contributed by atoms with van der Waals surface area (Å²) in [6.07, 6.45) is 0. The van der Waals surface area contributed by atoms with E-state index in [2.05, 4.69) is 14.5 Å². The summed E-state index contributed by atoms with van der Waals surface area (Å²) >= 11 is 0. The van der Waals surface area contributed by atoms with Crippen LogP contribution in [-0.4, -0.2) is 70.7 Å². The van der Waals surface area contributed by atoms with Crippen molar-refractivity contribution < 1.29 is 39.7 Å². The molecule has 134 valence electrons. The fourth-order valence-electron chi connectivity index (χ4n) is 1.07. The summed E-state index contributed by atoms with van der Waals surface area (Å²) in [5, 5.41) is 34.2. The fourth-order valence-corrected chi connectivity index (χ4v) is 1.07.